The summed E-state index contributed by atoms with van der Waals surface area (Å²) in [6.45, 7) is 2.65. The van der Waals surface area contributed by atoms with Crippen molar-refractivity contribution in [2.24, 2.45) is 0 Å². The lowest BCUT2D eigenvalue weighted by molar-refractivity contribution is 0.112. The quantitative estimate of drug-likeness (QED) is 0.722. The van der Waals surface area contributed by atoms with Gasteiger partial charge in [-0.3, -0.25) is 19.4 Å². The summed E-state index contributed by atoms with van der Waals surface area (Å²) in [6.07, 6.45) is 0.738. The Morgan fingerprint density at radius 1 is 1.50 bits per heavy atom. The zero-order valence-corrected chi connectivity index (χ0v) is 7.78. The largest absolute Gasteiger partial charge is 0.298 e. The summed E-state index contributed by atoms with van der Waals surface area (Å²) in [6, 6.07) is 5.09. The predicted molar refractivity (Wildman–Crippen MR) is 53.6 cm³/mol. The number of aromatic amines is 1. The Labute approximate surface area is 80.1 Å². The van der Waals surface area contributed by atoms with E-state index in [1.807, 2.05) is 6.92 Å². The highest BCUT2D eigenvalue weighted by atomic mass is 16.1. The number of aldehydes is 1. The van der Waals surface area contributed by atoms with Crippen LogP contribution < -0.4 is 5.56 Å². The molecule has 0 aliphatic rings. The number of nitrogens with one attached hydrogen (secondary N) is 1. The number of aromatic nitrogens is 2. The SMILES string of the molecule is CCn1[nH]c(=O)c2cc(C=O)ccc21. The van der Waals surface area contributed by atoms with Crippen LogP contribution in [0.1, 0.15) is 17.3 Å². The van der Waals surface area contributed by atoms with E-state index in [1.54, 1.807) is 22.9 Å². The van der Waals surface area contributed by atoms with Crippen LogP contribution in [-0.4, -0.2) is 16.1 Å². The molecule has 4 nitrogen and oxygen atoms in total. The van der Waals surface area contributed by atoms with Crippen molar-refractivity contribution in [2.45, 2.75) is 13.5 Å². The normalized spacial score (nSPS) is 10.6. The van der Waals surface area contributed by atoms with Gasteiger partial charge in [0.25, 0.3) is 5.56 Å². The number of hydrogen-bond acceptors (Lipinski definition) is 2. The average Bonchev–Trinajstić information content (AvgIpc) is 2.55. The van der Waals surface area contributed by atoms with E-state index in [9.17, 15) is 9.59 Å². The maximum absolute atomic E-state index is 11.4. The molecule has 4 heteroatoms. The highest BCUT2D eigenvalue weighted by Gasteiger charge is 2.05. The highest BCUT2D eigenvalue weighted by Crippen LogP contribution is 2.10. The third-order valence-corrected chi connectivity index (χ3v) is 2.24. The summed E-state index contributed by atoms with van der Waals surface area (Å²) >= 11 is 0. The van der Waals surface area contributed by atoms with Crippen LogP contribution in [0.25, 0.3) is 10.9 Å². The molecule has 0 fully saturated rings. The molecule has 72 valence electrons. The van der Waals surface area contributed by atoms with Crippen molar-refractivity contribution in [1.82, 2.24) is 9.78 Å². The van der Waals surface area contributed by atoms with Gasteiger partial charge < -0.3 is 0 Å². The van der Waals surface area contributed by atoms with E-state index in [-0.39, 0.29) is 5.56 Å². The first-order chi connectivity index (χ1) is 6.76. The third kappa shape index (κ3) is 1.16. The number of rotatable bonds is 2. The molecule has 0 amide bonds. The fourth-order valence-corrected chi connectivity index (χ4v) is 1.54. The van der Waals surface area contributed by atoms with Crippen molar-refractivity contribution < 1.29 is 4.79 Å². The van der Waals surface area contributed by atoms with Gasteiger partial charge in [0.1, 0.15) is 6.29 Å². The van der Waals surface area contributed by atoms with Gasteiger partial charge >= 0.3 is 0 Å². The number of aryl methyl sites for hydroxylation is 1. The lowest BCUT2D eigenvalue weighted by atomic mass is 10.2. The van der Waals surface area contributed by atoms with E-state index in [4.69, 9.17) is 0 Å². The summed E-state index contributed by atoms with van der Waals surface area (Å²) in [7, 11) is 0. The second-order valence-electron chi connectivity index (χ2n) is 3.08. The zero-order valence-electron chi connectivity index (χ0n) is 7.78. The number of nitrogens with zero attached hydrogens (tertiary/aromatic N) is 1. The van der Waals surface area contributed by atoms with Crippen molar-refractivity contribution in [1.29, 1.82) is 0 Å². The summed E-state index contributed by atoms with van der Waals surface area (Å²) in [4.78, 5) is 22.0. The number of carbonyl (C=O) groups is 1. The Morgan fingerprint density at radius 2 is 2.29 bits per heavy atom. The number of carbonyl (C=O) groups excluding carboxylic acids is 1. The van der Waals surface area contributed by atoms with Gasteiger partial charge in [-0.1, -0.05) is 0 Å². The Bertz CT molecular complexity index is 537. The first-order valence-electron chi connectivity index (χ1n) is 4.44. The van der Waals surface area contributed by atoms with Crippen LogP contribution in [0.2, 0.25) is 0 Å². The summed E-state index contributed by atoms with van der Waals surface area (Å²) < 4.78 is 1.76. The van der Waals surface area contributed by atoms with Crippen LogP contribution in [0.15, 0.2) is 23.0 Å². The Hall–Kier alpha value is -1.84. The molecule has 0 saturated heterocycles. The predicted octanol–water partition coefficient (Wildman–Crippen LogP) is 1.16. The van der Waals surface area contributed by atoms with Crippen molar-refractivity contribution in [3.8, 4) is 0 Å². The molecule has 0 spiro atoms. The Morgan fingerprint density at radius 3 is 2.93 bits per heavy atom. The van der Waals surface area contributed by atoms with Crippen LogP contribution in [0.5, 0.6) is 0 Å². The highest BCUT2D eigenvalue weighted by molar-refractivity contribution is 5.86. The molecule has 2 rings (SSSR count). The summed E-state index contributed by atoms with van der Waals surface area (Å²) in [5.74, 6) is 0. The molecule has 0 atom stereocenters. The monoisotopic (exact) mass is 190 g/mol. The van der Waals surface area contributed by atoms with E-state index in [2.05, 4.69) is 5.10 Å². The van der Waals surface area contributed by atoms with E-state index in [0.717, 1.165) is 11.8 Å². The van der Waals surface area contributed by atoms with Crippen molar-refractivity contribution in [3.05, 3.63) is 34.1 Å². The molecule has 1 aromatic heterocycles. The topological polar surface area (TPSA) is 54.9 Å². The van der Waals surface area contributed by atoms with Crippen molar-refractivity contribution >= 4 is 17.2 Å². The molecule has 1 heterocycles. The minimum Gasteiger partial charge on any atom is -0.298 e. The molecule has 0 saturated carbocycles. The van der Waals surface area contributed by atoms with Gasteiger partial charge in [-0.15, -0.1) is 0 Å². The Balaban J connectivity index is 2.83. The summed E-state index contributed by atoms with van der Waals surface area (Å²) in [5, 5.41) is 3.26. The van der Waals surface area contributed by atoms with Crippen LogP contribution in [-0.2, 0) is 6.54 Å². The molecule has 1 N–H and O–H groups in total. The minimum absolute atomic E-state index is 0.148. The fourth-order valence-electron chi connectivity index (χ4n) is 1.54. The molecule has 0 bridgehead atoms. The zero-order chi connectivity index (χ0) is 10.1. The third-order valence-electron chi connectivity index (χ3n) is 2.24. The minimum atomic E-state index is -0.148. The van der Waals surface area contributed by atoms with Gasteiger partial charge in [-0.2, -0.15) is 0 Å². The first kappa shape index (κ1) is 8.74. The number of hydrogen-bond donors (Lipinski definition) is 1. The molecule has 2 aromatic rings. The standard InChI is InChI=1S/C10H10N2O2/c1-2-12-9-4-3-7(6-13)5-8(9)10(14)11-12/h3-6H,2H2,1H3,(H,11,14). The number of fused-ring (bicyclic) bond motifs is 1. The first-order valence-corrected chi connectivity index (χ1v) is 4.44. The maximum Gasteiger partial charge on any atom is 0.271 e. The lowest BCUT2D eigenvalue weighted by Crippen LogP contribution is -2.03. The van der Waals surface area contributed by atoms with Gasteiger partial charge in [0, 0.05) is 12.1 Å². The Kier molecular flexibility index (Phi) is 1.96. The van der Waals surface area contributed by atoms with Crippen LogP contribution >= 0.6 is 0 Å². The second-order valence-corrected chi connectivity index (χ2v) is 3.08. The van der Waals surface area contributed by atoms with E-state index >= 15 is 0 Å². The average molecular weight is 190 g/mol. The molecular formula is C10H10N2O2. The van der Waals surface area contributed by atoms with Gasteiger partial charge in [0.05, 0.1) is 10.9 Å². The van der Waals surface area contributed by atoms with E-state index < -0.39 is 0 Å². The van der Waals surface area contributed by atoms with Crippen LogP contribution in [0, 0.1) is 0 Å². The lowest BCUT2D eigenvalue weighted by Gasteiger charge is -1.98. The molecule has 14 heavy (non-hydrogen) atoms. The number of H-pyrrole nitrogens is 1. The van der Waals surface area contributed by atoms with E-state index in [0.29, 0.717) is 17.5 Å². The summed E-state index contributed by atoms with van der Waals surface area (Å²) in [5.41, 5.74) is 1.21. The van der Waals surface area contributed by atoms with Crippen molar-refractivity contribution in [3.63, 3.8) is 0 Å². The molecule has 0 radical (unpaired) electrons. The molecule has 0 aliphatic carbocycles. The van der Waals surface area contributed by atoms with Gasteiger partial charge in [0.2, 0.25) is 0 Å². The van der Waals surface area contributed by atoms with E-state index in [1.165, 1.54) is 0 Å². The van der Waals surface area contributed by atoms with Crippen LogP contribution in [0.3, 0.4) is 0 Å². The maximum atomic E-state index is 11.4. The number of benzene rings is 1. The molecule has 0 aliphatic heterocycles. The van der Waals surface area contributed by atoms with Crippen molar-refractivity contribution in [2.75, 3.05) is 0 Å². The van der Waals surface area contributed by atoms with Gasteiger partial charge in [0.15, 0.2) is 0 Å². The van der Waals surface area contributed by atoms with Crippen LogP contribution in [0.4, 0.5) is 0 Å². The smallest absolute Gasteiger partial charge is 0.271 e. The van der Waals surface area contributed by atoms with Gasteiger partial charge in [-0.25, -0.2) is 0 Å². The fraction of sp³-hybridized carbons (Fsp3) is 0.200. The van der Waals surface area contributed by atoms with Gasteiger partial charge in [-0.05, 0) is 25.1 Å². The molecule has 1 aromatic carbocycles. The molecular weight excluding hydrogens is 180 g/mol. The second kappa shape index (κ2) is 3.14. The molecule has 0 unspecified atom stereocenters.